The van der Waals surface area contributed by atoms with Gasteiger partial charge in [-0.2, -0.15) is 0 Å². The number of oxime groups is 1. The van der Waals surface area contributed by atoms with Crippen LogP contribution in [0.15, 0.2) is 65.3 Å². The van der Waals surface area contributed by atoms with E-state index in [0.717, 1.165) is 53.4 Å². The number of aromatic hydroxyl groups is 1. The van der Waals surface area contributed by atoms with Crippen LogP contribution in [-0.2, 0) is 11.4 Å². The number of aromatic nitrogens is 1. The Kier molecular flexibility index (Phi) is 10.5. The maximum absolute atomic E-state index is 13.9. The third kappa shape index (κ3) is 7.22. The number of benzene rings is 2. The molecule has 0 bridgehead atoms. The first kappa shape index (κ1) is 35.8. The Hall–Kier alpha value is -4.06. The van der Waals surface area contributed by atoms with E-state index in [9.17, 15) is 25.2 Å². The summed E-state index contributed by atoms with van der Waals surface area (Å²) in [4.78, 5) is 24.8. The molecule has 6 rings (SSSR count). The summed E-state index contributed by atoms with van der Waals surface area (Å²) in [6, 6.07) is 13.7. The summed E-state index contributed by atoms with van der Waals surface area (Å²) >= 11 is 0. The molecule has 2 amide bonds. The lowest BCUT2D eigenvalue weighted by molar-refractivity contribution is -0.226. The molecule has 2 aliphatic carbocycles. The average molecular weight is 689 g/mol. The van der Waals surface area contributed by atoms with Crippen LogP contribution in [0.4, 0.5) is 4.79 Å². The zero-order valence-electron chi connectivity index (χ0n) is 29.6. The van der Waals surface area contributed by atoms with Crippen LogP contribution in [0.3, 0.4) is 0 Å². The molecule has 270 valence electrons. The Labute approximate surface area is 294 Å². The number of H-pyrrole nitrogens is 1. The number of phenols is 1. The molecule has 3 aliphatic rings. The maximum atomic E-state index is 13.9. The van der Waals surface area contributed by atoms with Crippen molar-refractivity contribution in [3.63, 3.8) is 0 Å². The molecule has 2 heterocycles. The molecular formula is C39H52N4O7. The van der Waals surface area contributed by atoms with Crippen LogP contribution in [0.25, 0.3) is 10.9 Å². The van der Waals surface area contributed by atoms with Crippen molar-refractivity contribution in [3.8, 4) is 11.5 Å². The normalized spacial score (nSPS) is 26.5. The van der Waals surface area contributed by atoms with Crippen LogP contribution >= 0.6 is 0 Å². The van der Waals surface area contributed by atoms with Gasteiger partial charge in [-0.25, -0.2) is 4.79 Å². The molecule has 3 aromatic rings. The first-order chi connectivity index (χ1) is 23.9. The van der Waals surface area contributed by atoms with Gasteiger partial charge < -0.3 is 45.2 Å². The Morgan fingerprint density at radius 1 is 1.08 bits per heavy atom. The molecule has 11 nitrogen and oxygen atoms in total. The number of ether oxygens (including phenoxy) is 1. The highest BCUT2D eigenvalue weighted by atomic mass is 16.6. The number of unbranched alkanes of at least 4 members (excludes halogenated alkanes) is 2. The lowest BCUT2D eigenvalue weighted by Crippen LogP contribution is -2.69. The number of hydrogen-bond donors (Lipinski definition) is 6. The minimum absolute atomic E-state index is 0.0228. The second-order valence-corrected chi connectivity index (χ2v) is 15.1. The zero-order valence-corrected chi connectivity index (χ0v) is 29.6. The van der Waals surface area contributed by atoms with E-state index in [1.807, 2.05) is 51.1 Å². The summed E-state index contributed by atoms with van der Waals surface area (Å²) < 4.78 is 6.61. The third-order valence-corrected chi connectivity index (χ3v) is 10.5. The molecule has 6 N–H and O–H groups in total. The largest absolute Gasteiger partial charge is 0.508 e. The fourth-order valence-corrected chi connectivity index (χ4v) is 8.22. The number of nitrogens with one attached hydrogen (secondary N) is 2. The van der Waals surface area contributed by atoms with Crippen LogP contribution in [-0.4, -0.2) is 79.7 Å². The van der Waals surface area contributed by atoms with E-state index < -0.39 is 23.3 Å². The van der Waals surface area contributed by atoms with Gasteiger partial charge >= 0.3 is 6.03 Å². The van der Waals surface area contributed by atoms with Crippen LogP contribution in [0.5, 0.6) is 11.5 Å². The van der Waals surface area contributed by atoms with Gasteiger partial charge in [0.1, 0.15) is 23.1 Å². The van der Waals surface area contributed by atoms with E-state index in [4.69, 9.17) is 14.7 Å². The molecular weight excluding hydrogens is 636 g/mol. The number of aromatic amines is 1. The number of allylic oxidation sites excluding steroid dienone is 1. The van der Waals surface area contributed by atoms with Gasteiger partial charge in [0.05, 0.1) is 18.2 Å². The van der Waals surface area contributed by atoms with Gasteiger partial charge in [0.2, 0.25) is 5.79 Å². The SMILES string of the molecule is CN(C(=O)NCc1cc2ccccc2[nH]1)C1CC(=NOC(C)(C)C)C2=CC(CCCCO)C(CCCCO)C3c4cc(O)ccc4OC1(O)C23. The molecule has 0 radical (unpaired) electrons. The molecule has 0 spiro atoms. The zero-order chi connectivity index (χ0) is 35.6. The second-order valence-electron chi connectivity index (χ2n) is 15.1. The second kappa shape index (κ2) is 14.7. The summed E-state index contributed by atoms with van der Waals surface area (Å²) in [6.45, 7) is 6.23. The summed E-state index contributed by atoms with van der Waals surface area (Å²) in [5.74, 6) is -2.09. The summed E-state index contributed by atoms with van der Waals surface area (Å²) in [5, 5.41) is 51.8. The predicted octanol–water partition coefficient (Wildman–Crippen LogP) is 5.94. The van der Waals surface area contributed by atoms with Gasteiger partial charge in [-0.05, 0) is 99.6 Å². The average Bonchev–Trinajstić information content (AvgIpc) is 3.50. The fourth-order valence-electron chi connectivity index (χ4n) is 8.22. The number of amides is 2. The molecule has 1 saturated carbocycles. The quantitative estimate of drug-likeness (QED) is 0.102. The number of urea groups is 1. The van der Waals surface area contributed by atoms with Crippen molar-refractivity contribution in [3.05, 3.63) is 71.4 Å². The van der Waals surface area contributed by atoms with Crippen molar-refractivity contribution in [2.75, 3.05) is 20.3 Å². The van der Waals surface area contributed by atoms with Gasteiger partial charge in [0, 0.05) is 49.4 Å². The highest BCUT2D eigenvalue weighted by Crippen LogP contribution is 2.60. The number of fused-ring (bicyclic) bond motifs is 3. The van der Waals surface area contributed by atoms with Crippen LogP contribution in [0.2, 0.25) is 0 Å². The number of phenolic OH excluding ortho intramolecular Hbond substituents is 1. The molecule has 2 aromatic carbocycles. The van der Waals surface area contributed by atoms with Crippen molar-refractivity contribution in [2.45, 2.75) is 95.6 Å². The Bertz CT molecular complexity index is 1700. The van der Waals surface area contributed by atoms with Gasteiger partial charge in [-0.3, -0.25) is 0 Å². The van der Waals surface area contributed by atoms with E-state index in [1.54, 1.807) is 25.2 Å². The number of carbonyl (C=O) groups excluding carboxylic acids is 1. The number of hydrogen-bond acceptors (Lipinski definition) is 8. The minimum Gasteiger partial charge on any atom is -0.508 e. The van der Waals surface area contributed by atoms with E-state index >= 15 is 0 Å². The summed E-state index contributed by atoms with van der Waals surface area (Å²) in [6.07, 6.45) is 6.91. The first-order valence-electron chi connectivity index (χ1n) is 17.9. The molecule has 1 fully saturated rings. The Balaban J connectivity index is 1.42. The van der Waals surface area contributed by atoms with Crippen molar-refractivity contribution < 1.29 is 34.8 Å². The van der Waals surface area contributed by atoms with Crippen LogP contribution < -0.4 is 10.1 Å². The molecule has 50 heavy (non-hydrogen) atoms. The number of aliphatic hydroxyl groups is 3. The summed E-state index contributed by atoms with van der Waals surface area (Å²) in [5.41, 5.74) is 3.53. The van der Waals surface area contributed by atoms with Gasteiger partial charge in [-0.1, -0.05) is 42.3 Å². The molecule has 11 heteroatoms. The summed E-state index contributed by atoms with van der Waals surface area (Å²) in [7, 11) is 1.67. The fraction of sp³-hybridized carbons (Fsp3) is 0.538. The monoisotopic (exact) mass is 688 g/mol. The lowest BCUT2D eigenvalue weighted by Gasteiger charge is -2.58. The van der Waals surface area contributed by atoms with Crippen molar-refractivity contribution >= 4 is 22.6 Å². The third-order valence-electron chi connectivity index (χ3n) is 10.5. The van der Waals surface area contributed by atoms with E-state index in [-0.39, 0.29) is 55.7 Å². The topological polar surface area (TPSA) is 160 Å². The Morgan fingerprint density at radius 3 is 2.54 bits per heavy atom. The number of carbonyl (C=O) groups is 1. The highest BCUT2D eigenvalue weighted by Gasteiger charge is 2.63. The van der Waals surface area contributed by atoms with E-state index in [0.29, 0.717) is 24.3 Å². The maximum Gasteiger partial charge on any atom is 0.317 e. The Morgan fingerprint density at radius 2 is 1.82 bits per heavy atom. The smallest absolute Gasteiger partial charge is 0.317 e. The first-order valence-corrected chi connectivity index (χ1v) is 17.9. The number of aliphatic hydroxyl groups excluding tert-OH is 2. The minimum atomic E-state index is -1.83. The lowest BCUT2D eigenvalue weighted by atomic mass is 9.55. The van der Waals surface area contributed by atoms with Crippen LogP contribution in [0, 0.1) is 17.8 Å². The van der Waals surface area contributed by atoms with Gasteiger partial charge in [0.15, 0.2) is 0 Å². The van der Waals surface area contributed by atoms with E-state index in [1.165, 1.54) is 4.90 Å². The van der Waals surface area contributed by atoms with Gasteiger partial charge in [-0.15, -0.1) is 0 Å². The van der Waals surface area contributed by atoms with Crippen molar-refractivity contribution in [1.29, 1.82) is 0 Å². The van der Waals surface area contributed by atoms with Crippen LogP contribution in [0.1, 0.15) is 82.9 Å². The number of nitrogens with zero attached hydrogens (tertiary/aromatic N) is 2. The number of rotatable bonds is 12. The van der Waals surface area contributed by atoms with Gasteiger partial charge in [0.25, 0.3) is 0 Å². The molecule has 0 saturated heterocycles. The molecule has 1 aliphatic heterocycles. The van der Waals surface area contributed by atoms with Crippen molar-refractivity contribution in [1.82, 2.24) is 15.2 Å². The van der Waals surface area contributed by atoms with Crippen molar-refractivity contribution in [2.24, 2.45) is 22.9 Å². The van der Waals surface area contributed by atoms with E-state index in [2.05, 4.69) is 16.4 Å². The molecule has 6 atom stereocenters. The highest BCUT2D eigenvalue weighted by molar-refractivity contribution is 6.03. The molecule has 1 aromatic heterocycles. The predicted molar refractivity (Wildman–Crippen MR) is 192 cm³/mol. The molecule has 6 unspecified atom stereocenters. The number of para-hydroxylation sites is 1. The number of likely N-dealkylation sites (N-methyl/N-ethyl adjacent to an activating group) is 1. The standard InChI is InChI=1S/C39H52N4O7/c1-38(2,3)50-42-32-22-34(43(4)37(47)40-23-26-19-25-12-5-6-14-31(25)41-26)39(48)36-29(32)20-24(11-7-9-17-44)28(13-8-10-18-45)35(36)30-21-27(46)15-16-33(30)49-39/h5-6,12,14-16,19-21,24,28,34-36,41,44-46,48H,7-11,13,17-18,22-23H2,1-4H3,(H,40,47).